The largest absolute Gasteiger partial charge is 0.393 e. The van der Waals surface area contributed by atoms with Crippen molar-refractivity contribution in [3.63, 3.8) is 0 Å². The summed E-state index contributed by atoms with van der Waals surface area (Å²) in [6, 6.07) is 8.07. The molecule has 0 amide bonds. The Morgan fingerprint density at radius 3 is 2.83 bits per heavy atom. The summed E-state index contributed by atoms with van der Waals surface area (Å²) < 4.78 is 1.16. The predicted octanol–water partition coefficient (Wildman–Crippen LogP) is 1.69. The number of thiazole rings is 1. The van der Waals surface area contributed by atoms with Crippen molar-refractivity contribution >= 4 is 21.6 Å². The zero-order valence-corrected chi connectivity index (χ0v) is 11.4. The molecule has 0 radical (unpaired) electrons. The Hall–Kier alpha value is -1.01. The van der Waals surface area contributed by atoms with Gasteiger partial charge in [0.15, 0.2) is 0 Å². The summed E-state index contributed by atoms with van der Waals surface area (Å²) in [5.74, 6) is 0. The van der Waals surface area contributed by atoms with Crippen molar-refractivity contribution in [3.05, 3.63) is 29.3 Å². The summed E-state index contributed by atoms with van der Waals surface area (Å²) in [7, 11) is 0. The highest BCUT2D eigenvalue weighted by Crippen LogP contribution is 2.26. The van der Waals surface area contributed by atoms with Gasteiger partial charge in [0, 0.05) is 6.54 Å². The molecule has 1 heterocycles. The fraction of sp³-hybridized carbons (Fsp3) is 0.462. The molecule has 2 aromatic rings. The van der Waals surface area contributed by atoms with Gasteiger partial charge in [0.1, 0.15) is 5.01 Å². The number of aromatic nitrogens is 1. The van der Waals surface area contributed by atoms with Crippen LogP contribution >= 0.6 is 11.3 Å². The molecule has 18 heavy (non-hydrogen) atoms. The third-order valence-electron chi connectivity index (χ3n) is 2.81. The van der Waals surface area contributed by atoms with Crippen LogP contribution in [0.2, 0.25) is 0 Å². The van der Waals surface area contributed by atoms with Crippen LogP contribution in [-0.2, 0) is 0 Å². The van der Waals surface area contributed by atoms with E-state index < -0.39 is 5.60 Å². The van der Waals surface area contributed by atoms with Gasteiger partial charge in [-0.05, 0) is 26.0 Å². The van der Waals surface area contributed by atoms with Crippen molar-refractivity contribution in [1.29, 1.82) is 0 Å². The minimum absolute atomic E-state index is 0.0559. The standard InChI is InChI=1S/C13H18N2O2S/c1-9(14-7-13(2,17)8-16)12-15-10-5-3-4-6-11(10)18-12/h3-6,9,14,16-17H,7-8H2,1-2H3. The van der Waals surface area contributed by atoms with Crippen LogP contribution in [0.4, 0.5) is 0 Å². The predicted molar refractivity (Wildman–Crippen MR) is 73.7 cm³/mol. The van der Waals surface area contributed by atoms with Crippen molar-refractivity contribution in [3.8, 4) is 0 Å². The lowest BCUT2D eigenvalue weighted by atomic mass is 10.1. The molecule has 5 heteroatoms. The summed E-state index contributed by atoms with van der Waals surface area (Å²) in [5.41, 5.74) is -0.0923. The number of rotatable bonds is 5. The van der Waals surface area contributed by atoms with Gasteiger partial charge in [0.2, 0.25) is 0 Å². The molecule has 1 aromatic carbocycles. The topological polar surface area (TPSA) is 65.4 Å². The van der Waals surface area contributed by atoms with Gasteiger partial charge in [-0.2, -0.15) is 0 Å². The van der Waals surface area contributed by atoms with Crippen LogP contribution in [0, 0.1) is 0 Å². The van der Waals surface area contributed by atoms with Crippen LogP contribution < -0.4 is 5.32 Å². The molecule has 0 fully saturated rings. The zero-order valence-electron chi connectivity index (χ0n) is 10.6. The van der Waals surface area contributed by atoms with E-state index in [1.165, 1.54) is 0 Å². The number of aliphatic hydroxyl groups excluding tert-OH is 1. The van der Waals surface area contributed by atoms with Crippen molar-refractivity contribution < 1.29 is 10.2 Å². The highest BCUT2D eigenvalue weighted by molar-refractivity contribution is 7.18. The second kappa shape index (κ2) is 5.32. The number of benzene rings is 1. The molecule has 0 spiro atoms. The Kier molecular flexibility index (Phi) is 3.97. The maximum Gasteiger partial charge on any atom is 0.111 e. The molecule has 4 nitrogen and oxygen atoms in total. The van der Waals surface area contributed by atoms with E-state index in [0.717, 1.165) is 15.2 Å². The van der Waals surface area contributed by atoms with Gasteiger partial charge in [-0.25, -0.2) is 4.98 Å². The van der Waals surface area contributed by atoms with Crippen LogP contribution in [-0.4, -0.2) is 33.9 Å². The molecule has 0 aliphatic rings. The molecule has 0 aliphatic heterocycles. The van der Waals surface area contributed by atoms with Crippen LogP contribution in [0.1, 0.15) is 24.9 Å². The second-order valence-corrected chi connectivity index (χ2v) is 5.84. The Bertz CT molecular complexity index is 491. The van der Waals surface area contributed by atoms with Crippen LogP contribution in [0.5, 0.6) is 0 Å². The molecule has 2 unspecified atom stereocenters. The van der Waals surface area contributed by atoms with Crippen LogP contribution in [0.15, 0.2) is 24.3 Å². The molecule has 0 saturated heterocycles. The lowest BCUT2D eigenvalue weighted by molar-refractivity contribution is 0.00106. The summed E-state index contributed by atoms with van der Waals surface area (Å²) in [4.78, 5) is 4.55. The lowest BCUT2D eigenvalue weighted by Gasteiger charge is -2.22. The molecule has 2 atom stereocenters. The minimum Gasteiger partial charge on any atom is -0.393 e. The number of hydrogen-bond donors (Lipinski definition) is 3. The van der Waals surface area contributed by atoms with Gasteiger partial charge in [0.25, 0.3) is 0 Å². The van der Waals surface area contributed by atoms with E-state index in [-0.39, 0.29) is 12.6 Å². The monoisotopic (exact) mass is 266 g/mol. The van der Waals surface area contributed by atoms with Crippen LogP contribution in [0.25, 0.3) is 10.2 Å². The van der Waals surface area contributed by atoms with Crippen molar-refractivity contribution in [2.45, 2.75) is 25.5 Å². The number of hydrogen-bond acceptors (Lipinski definition) is 5. The second-order valence-electron chi connectivity index (χ2n) is 4.78. The summed E-state index contributed by atoms with van der Waals surface area (Å²) >= 11 is 1.65. The Balaban J connectivity index is 2.07. The molecule has 0 aliphatic carbocycles. The van der Waals surface area contributed by atoms with Gasteiger partial charge in [0.05, 0.1) is 28.5 Å². The molecule has 0 bridgehead atoms. The van der Waals surface area contributed by atoms with Crippen molar-refractivity contribution in [2.75, 3.05) is 13.2 Å². The third kappa shape index (κ3) is 3.05. The first-order chi connectivity index (χ1) is 8.52. The molecule has 0 saturated carbocycles. The quantitative estimate of drug-likeness (QED) is 0.770. The van der Waals surface area contributed by atoms with Crippen LogP contribution in [0.3, 0.4) is 0 Å². The highest BCUT2D eigenvalue weighted by atomic mass is 32.1. The summed E-state index contributed by atoms with van der Waals surface area (Å²) in [6.45, 7) is 3.68. The Morgan fingerprint density at radius 1 is 1.44 bits per heavy atom. The smallest absolute Gasteiger partial charge is 0.111 e. The maximum atomic E-state index is 9.73. The van der Waals surface area contributed by atoms with E-state index in [4.69, 9.17) is 5.11 Å². The fourth-order valence-corrected chi connectivity index (χ4v) is 2.59. The third-order valence-corrected chi connectivity index (χ3v) is 4.03. The number of fused-ring (bicyclic) bond motifs is 1. The normalized spacial score (nSPS) is 16.7. The van der Waals surface area contributed by atoms with E-state index in [2.05, 4.69) is 10.3 Å². The van der Waals surface area contributed by atoms with E-state index in [0.29, 0.717) is 6.54 Å². The number of aliphatic hydroxyl groups is 2. The number of nitrogens with one attached hydrogen (secondary N) is 1. The van der Waals surface area contributed by atoms with Crippen molar-refractivity contribution in [2.24, 2.45) is 0 Å². The van der Waals surface area contributed by atoms with Gasteiger partial charge >= 0.3 is 0 Å². The van der Waals surface area contributed by atoms with E-state index >= 15 is 0 Å². The first kappa shape index (κ1) is 13.4. The van der Waals surface area contributed by atoms with E-state index in [9.17, 15) is 5.11 Å². The zero-order chi connectivity index (χ0) is 13.2. The Labute approximate surface area is 110 Å². The molecule has 3 N–H and O–H groups in total. The molecular formula is C13H18N2O2S. The number of nitrogens with zero attached hydrogens (tertiary/aromatic N) is 1. The van der Waals surface area contributed by atoms with Gasteiger partial charge in [-0.3, -0.25) is 0 Å². The fourth-order valence-electron chi connectivity index (χ4n) is 1.59. The average molecular weight is 266 g/mol. The minimum atomic E-state index is -1.09. The lowest BCUT2D eigenvalue weighted by Crippen LogP contribution is -2.41. The van der Waals surface area contributed by atoms with Crippen molar-refractivity contribution in [1.82, 2.24) is 10.3 Å². The Morgan fingerprint density at radius 2 is 2.17 bits per heavy atom. The van der Waals surface area contributed by atoms with Gasteiger partial charge < -0.3 is 15.5 Å². The average Bonchev–Trinajstić information content (AvgIpc) is 2.80. The molecule has 1 aromatic heterocycles. The summed E-state index contributed by atoms with van der Waals surface area (Å²) in [6.07, 6.45) is 0. The molecule has 98 valence electrons. The SMILES string of the molecule is CC(NCC(C)(O)CO)c1nc2ccccc2s1. The van der Waals surface area contributed by atoms with E-state index in [1.54, 1.807) is 18.3 Å². The van der Waals surface area contributed by atoms with E-state index in [1.807, 2.05) is 31.2 Å². The summed E-state index contributed by atoms with van der Waals surface area (Å²) in [5, 5.41) is 22.9. The van der Waals surface area contributed by atoms with Gasteiger partial charge in [-0.1, -0.05) is 12.1 Å². The molecule has 2 rings (SSSR count). The first-order valence-corrected chi connectivity index (χ1v) is 6.75. The highest BCUT2D eigenvalue weighted by Gasteiger charge is 2.20. The maximum absolute atomic E-state index is 9.73. The molecular weight excluding hydrogens is 248 g/mol. The number of para-hydroxylation sites is 1. The first-order valence-electron chi connectivity index (χ1n) is 5.94. The van der Waals surface area contributed by atoms with Gasteiger partial charge in [-0.15, -0.1) is 11.3 Å².